The van der Waals surface area contributed by atoms with Crippen LogP contribution in [0.15, 0.2) is 18.3 Å². The highest BCUT2D eigenvalue weighted by atomic mass is 19.1. The Labute approximate surface area is 199 Å². The molecule has 10 heteroatoms. The molecule has 4 heterocycles. The minimum absolute atomic E-state index is 0.233. The van der Waals surface area contributed by atoms with Crippen LogP contribution in [-0.2, 0) is 7.05 Å². The van der Waals surface area contributed by atoms with E-state index in [2.05, 4.69) is 43.8 Å². The molecule has 0 spiro atoms. The molecule has 180 valence electrons. The maximum absolute atomic E-state index is 14.8. The fourth-order valence-corrected chi connectivity index (χ4v) is 4.44. The first-order chi connectivity index (χ1) is 16.2. The number of likely N-dealkylation sites (N-methyl/N-ethyl adjacent to an activating group) is 1. The van der Waals surface area contributed by atoms with E-state index in [1.807, 2.05) is 20.0 Å². The molecular formula is C24H32FN9. The molecule has 34 heavy (non-hydrogen) atoms. The molecule has 0 aromatic carbocycles. The third-order valence-electron chi connectivity index (χ3n) is 7.00. The number of nitrogen functional groups attached to an aromatic ring is 1. The van der Waals surface area contributed by atoms with Gasteiger partial charge in [0.15, 0.2) is 11.6 Å². The molecule has 9 nitrogen and oxygen atoms in total. The second-order valence-corrected chi connectivity index (χ2v) is 9.56. The summed E-state index contributed by atoms with van der Waals surface area (Å²) in [7, 11) is 4.01. The van der Waals surface area contributed by atoms with Crippen LogP contribution in [0.5, 0.6) is 0 Å². The number of aromatic nitrogens is 5. The first-order valence-electron chi connectivity index (χ1n) is 11.8. The van der Waals surface area contributed by atoms with E-state index < -0.39 is 0 Å². The highest BCUT2D eigenvalue weighted by Crippen LogP contribution is 2.44. The number of nitrogens with two attached hydrogens (primary N) is 1. The lowest BCUT2D eigenvalue weighted by atomic mass is 10.1. The van der Waals surface area contributed by atoms with Gasteiger partial charge in [0.2, 0.25) is 5.95 Å². The average molecular weight is 466 g/mol. The van der Waals surface area contributed by atoms with E-state index in [-0.39, 0.29) is 11.7 Å². The van der Waals surface area contributed by atoms with E-state index in [4.69, 9.17) is 5.73 Å². The summed E-state index contributed by atoms with van der Waals surface area (Å²) in [5.74, 6) is 1.92. The Bertz CT molecular complexity index is 1200. The van der Waals surface area contributed by atoms with Crippen molar-refractivity contribution in [2.24, 2.45) is 7.05 Å². The summed E-state index contributed by atoms with van der Waals surface area (Å²) in [6.45, 7) is 8.53. The topological polar surface area (TPSA) is 92.2 Å². The lowest BCUT2D eigenvalue weighted by Crippen LogP contribution is -2.50. The standard InChI is InChI=1S/C24H32FN9/c1-14-10-21(30-32(14)5)34(20-11-18(17-6-7-17)22(25)16(3)28-20)24-27-12-19(23(26)29-24)33-9-8-31(4)15(2)13-33/h10-12,15,17H,6-9,13H2,1-5H3,(H2,26,27,29)/t15-/m0/s1. The molecule has 2 aliphatic rings. The molecule has 2 N–H and O–H groups in total. The van der Waals surface area contributed by atoms with Crippen molar-refractivity contribution in [2.75, 3.05) is 42.2 Å². The zero-order chi connectivity index (χ0) is 24.1. The summed E-state index contributed by atoms with van der Waals surface area (Å²) >= 11 is 0. The van der Waals surface area contributed by atoms with Crippen molar-refractivity contribution < 1.29 is 4.39 Å². The van der Waals surface area contributed by atoms with E-state index in [0.29, 0.717) is 40.7 Å². The van der Waals surface area contributed by atoms with Gasteiger partial charge >= 0.3 is 0 Å². The van der Waals surface area contributed by atoms with Crippen molar-refractivity contribution in [3.8, 4) is 0 Å². The number of rotatable bonds is 5. The molecule has 1 aliphatic heterocycles. The predicted molar refractivity (Wildman–Crippen MR) is 131 cm³/mol. The number of piperazine rings is 1. The van der Waals surface area contributed by atoms with Crippen molar-refractivity contribution in [1.29, 1.82) is 0 Å². The van der Waals surface area contributed by atoms with Crippen LogP contribution in [-0.4, -0.2) is 62.4 Å². The van der Waals surface area contributed by atoms with Crippen molar-refractivity contribution in [3.63, 3.8) is 0 Å². The van der Waals surface area contributed by atoms with Crippen molar-refractivity contribution in [1.82, 2.24) is 29.6 Å². The molecule has 1 atom stereocenters. The third-order valence-corrected chi connectivity index (χ3v) is 7.00. The smallest absolute Gasteiger partial charge is 0.239 e. The van der Waals surface area contributed by atoms with Gasteiger partial charge in [0.25, 0.3) is 0 Å². The fraction of sp³-hybridized carbons (Fsp3) is 0.500. The molecule has 1 saturated carbocycles. The normalized spacial score (nSPS) is 19.0. The van der Waals surface area contributed by atoms with Crippen molar-refractivity contribution in [3.05, 3.63) is 41.1 Å². The molecule has 5 rings (SSSR count). The minimum atomic E-state index is -0.233. The first-order valence-corrected chi connectivity index (χ1v) is 11.8. The Hall–Kier alpha value is -3.27. The van der Waals surface area contributed by atoms with E-state index in [9.17, 15) is 4.39 Å². The van der Waals surface area contributed by atoms with Gasteiger partial charge in [-0.25, -0.2) is 19.3 Å². The van der Waals surface area contributed by atoms with Crippen LogP contribution >= 0.6 is 0 Å². The lowest BCUT2D eigenvalue weighted by Gasteiger charge is -2.39. The van der Waals surface area contributed by atoms with Crippen LogP contribution in [0.1, 0.15) is 42.6 Å². The second kappa shape index (κ2) is 8.50. The zero-order valence-electron chi connectivity index (χ0n) is 20.5. The molecule has 0 radical (unpaired) electrons. The van der Waals surface area contributed by atoms with Crippen LogP contribution < -0.4 is 15.5 Å². The Morgan fingerprint density at radius 3 is 2.47 bits per heavy atom. The van der Waals surface area contributed by atoms with Crippen LogP contribution in [0.25, 0.3) is 0 Å². The van der Waals surface area contributed by atoms with Gasteiger partial charge in [-0.1, -0.05) is 0 Å². The average Bonchev–Trinajstić information content (AvgIpc) is 3.58. The van der Waals surface area contributed by atoms with Gasteiger partial charge in [0.05, 0.1) is 17.6 Å². The molecule has 3 aromatic rings. The molecule has 0 unspecified atom stereocenters. The Balaban J connectivity index is 1.57. The summed E-state index contributed by atoms with van der Waals surface area (Å²) in [5, 5.41) is 4.64. The maximum Gasteiger partial charge on any atom is 0.239 e. The number of anilines is 5. The van der Waals surface area contributed by atoms with E-state index in [1.54, 1.807) is 28.8 Å². The van der Waals surface area contributed by atoms with Gasteiger partial charge < -0.3 is 15.5 Å². The summed E-state index contributed by atoms with van der Waals surface area (Å²) in [4.78, 5) is 20.2. The van der Waals surface area contributed by atoms with Gasteiger partial charge in [0.1, 0.15) is 11.6 Å². The Morgan fingerprint density at radius 2 is 1.85 bits per heavy atom. The number of aryl methyl sites for hydroxylation is 3. The third kappa shape index (κ3) is 4.06. The zero-order valence-corrected chi connectivity index (χ0v) is 20.5. The van der Waals surface area contributed by atoms with Crippen LogP contribution in [0.3, 0.4) is 0 Å². The molecular weight excluding hydrogens is 433 g/mol. The molecule has 3 aromatic heterocycles. The fourth-order valence-electron chi connectivity index (χ4n) is 4.44. The summed E-state index contributed by atoms with van der Waals surface area (Å²) < 4.78 is 16.6. The largest absolute Gasteiger partial charge is 0.382 e. The number of nitrogens with zero attached hydrogens (tertiary/aromatic N) is 8. The van der Waals surface area contributed by atoms with Gasteiger partial charge in [0, 0.05) is 44.5 Å². The molecule has 2 fully saturated rings. The molecule has 0 amide bonds. The van der Waals surface area contributed by atoms with Crippen molar-refractivity contribution >= 4 is 29.1 Å². The maximum atomic E-state index is 14.8. The lowest BCUT2D eigenvalue weighted by molar-refractivity contribution is 0.234. The number of hydrogen-bond acceptors (Lipinski definition) is 8. The summed E-state index contributed by atoms with van der Waals surface area (Å²) in [6, 6.07) is 4.15. The van der Waals surface area contributed by atoms with Gasteiger partial charge in [-0.05, 0) is 58.2 Å². The van der Waals surface area contributed by atoms with Crippen LogP contribution in [0.2, 0.25) is 0 Å². The van der Waals surface area contributed by atoms with Crippen molar-refractivity contribution in [2.45, 2.75) is 45.6 Å². The monoisotopic (exact) mass is 465 g/mol. The first kappa shape index (κ1) is 22.5. The molecule has 0 bridgehead atoms. The van der Waals surface area contributed by atoms with Crippen LogP contribution in [0, 0.1) is 19.7 Å². The SMILES string of the molecule is Cc1nc(N(c2cc(C)n(C)n2)c2ncc(N3CCN(C)[C@@H](C)C3)c(N)n2)cc(C2CC2)c1F. The van der Waals surface area contributed by atoms with E-state index >= 15 is 0 Å². The quantitative estimate of drug-likeness (QED) is 0.613. The molecule has 1 aliphatic carbocycles. The molecule has 1 saturated heterocycles. The van der Waals surface area contributed by atoms with Gasteiger partial charge in [-0.2, -0.15) is 10.1 Å². The minimum Gasteiger partial charge on any atom is -0.382 e. The number of hydrogen-bond donors (Lipinski definition) is 1. The van der Waals surface area contributed by atoms with Gasteiger partial charge in [-0.3, -0.25) is 4.68 Å². The number of pyridine rings is 1. The predicted octanol–water partition coefficient (Wildman–Crippen LogP) is 3.43. The number of halogens is 1. The van der Waals surface area contributed by atoms with Crippen LogP contribution in [0.4, 0.5) is 33.5 Å². The summed E-state index contributed by atoms with van der Waals surface area (Å²) in [5.41, 5.74) is 9.30. The van der Waals surface area contributed by atoms with Gasteiger partial charge in [-0.15, -0.1) is 0 Å². The Morgan fingerprint density at radius 1 is 1.09 bits per heavy atom. The van der Waals surface area contributed by atoms with E-state index in [1.165, 1.54) is 0 Å². The highest BCUT2D eigenvalue weighted by molar-refractivity contribution is 5.72. The van der Waals surface area contributed by atoms with E-state index in [0.717, 1.165) is 43.9 Å². The Kier molecular flexibility index (Phi) is 5.63. The second-order valence-electron chi connectivity index (χ2n) is 9.56. The summed E-state index contributed by atoms with van der Waals surface area (Å²) in [6.07, 6.45) is 3.75. The highest BCUT2D eigenvalue weighted by Gasteiger charge is 2.31.